The molecule has 0 atom stereocenters. The highest BCUT2D eigenvalue weighted by Crippen LogP contribution is 2.29. The zero-order chi connectivity index (χ0) is 62.4. The Morgan fingerprint density at radius 2 is 1.02 bits per heavy atom. The van der Waals surface area contributed by atoms with Gasteiger partial charge in [-0.15, -0.1) is 0 Å². The SMILES string of the molecule is Brc1cnc2[nH]ccc2c1.CCCCCC(=O)Nc1ccc(F)c(C(=O)O)c1.CCCCNC(=O)Nc1ccc(F)c(C(=O)c2c[nH]c3ncc(-c4cccnc4)cc23)c1.CCCCNC(=O)Nc1ccc(F)c(C(=O)c2c[nH]c3ncc(Br)cc23)c1. The molecule has 10 aromatic rings. The van der Waals surface area contributed by atoms with Crippen molar-refractivity contribution in [1.82, 2.24) is 45.5 Å². The predicted octanol–water partition coefficient (Wildman–Crippen LogP) is 14.9. The second-order valence-electron chi connectivity index (χ2n) is 19.4. The molecule has 0 bridgehead atoms. The zero-order valence-corrected chi connectivity index (χ0v) is 50.6. The van der Waals surface area contributed by atoms with Crippen LogP contribution < -0.4 is 26.6 Å². The molecule has 3 aromatic carbocycles. The minimum atomic E-state index is -1.35. The Morgan fingerprint density at radius 1 is 0.517 bits per heavy atom. The van der Waals surface area contributed by atoms with E-state index in [9.17, 15) is 41.9 Å². The lowest BCUT2D eigenvalue weighted by atomic mass is 10.0. The number of carboxylic acids is 1. The van der Waals surface area contributed by atoms with Crippen LogP contribution in [0.2, 0.25) is 0 Å². The minimum Gasteiger partial charge on any atom is -0.478 e. The molecule has 87 heavy (non-hydrogen) atoms. The van der Waals surface area contributed by atoms with Crippen molar-refractivity contribution in [3.05, 3.63) is 195 Å². The number of carbonyl (C=O) groups is 6. The fourth-order valence-corrected chi connectivity index (χ4v) is 9.12. The van der Waals surface area contributed by atoms with Crippen LogP contribution in [0.15, 0.2) is 150 Å². The van der Waals surface area contributed by atoms with E-state index >= 15 is 0 Å². The summed E-state index contributed by atoms with van der Waals surface area (Å²) in [5, 5.41) is 24.3. The Bertz CT molecular complexity index is 4050. The summed E-state index contributed by atoms with van der Waals surface area (Å²) >= 11 is 6.66. The molecule has 0 aliphatic rings. The first-order valence-electron chi connectivity index (χ1n) is 27.7. The van der Waals surface area contributed by atoms with Gasteiger partial charge in [-0.3, -0.25) is 19.4 Å². The van der Waals surface area contributed by atoms with Gasteiger partial charge < -0.3 is 46.6 Å². The number of hydrogen-bond donors (Lipinski definition) is 9. The van der Waals surface area contributed by atoms with Crippen LogP contribution in [0.4, 0.5) is 39.8 Å². The highest BCUT2D eigenvalue weighted by atomic mass is 79.9. The number of carboxylic acid groups (broad SMARTS) is 1. The molecule has 19 nitrogen and oxygen atoms in total. The summed E-state index contributed by atoms with van der Waals surface area (Å²) in [6.07, 6.45) is 20.2. The summed E-state index contributed by atoms with van der Waals surface area (Å²) in [6.45, 7) is 7.17. The Labute approximate surface area is 514 Å². The first-order valence-corrected chi connectivity index (χ1v) is 29.2. The first-order chi connectivity index (χ1) is 42.0. The number of nitrogens with one attached hydrogen (secondary N) is 8. The monoisotopic (exact) mass is 1310 g/mol. The number of anilines is 3. The molecule has 10 rings (SSSR count). The highest BCUT2D eigenvalue weighted by Gasteiger charge is 2.22. The number of pyridine rings is 4. The van der Waals surface area contributed by atoms with Gasteiger partial charge in [-0.2, -0.15) is 0 Å². The molecule has 7 aromatic heterocycles. The summed E-state index contributed by atoms with van der Waals surface area (Å²) in [4.78, 5) is 97.9. The summed E-state index contributed by atoms with van der Waals surface area (Å²) in [6, 6.07) is 21.8. The number of aromatic carboxylic acids is 1. The van der Waals surface area contributed by atoms with E-state index in [0.717, 1.165) is 89.8 Å². The quantitative estimate of drug-likeness (QED) is 0.0271. The molecule has 7 heterocycles. The second-order valence-corrected chi connectivity index (χ2v) is 21.2. The number of fused-ring (bicyclic) bond motifs is 3. The number of nitrogens with zero attached hydrogens (tertiary/aromatic N) is 4. The smallest absolute Gasteiger partial charge is 0.338 e. The summed E-state index contributed by atoms with van der Waals surface area (Å²) in [7, 11) is 0. The number of carbonyl (C=O) groups excluding carboxylic acids is 5. The number of amides is 5. The molecule has 0 radical (unpaired) electrons. The number of hydrogen-bond acceptors (Lipinski definition) is 10. The zero-order valence-electron chi connectivity index (χ0n) is 47.4. The van der Waals surface area contributed by atoms with Crippen LogP contribution in [0.1, 0.15) is 114 Å². The van der Waals surface area contributed by atoms with E-state index < -0.39 is 52.6 Å². The van der Waals surface area contributed by atoms with Gasteiger partial charge in [0, 0.05) is 134 Å². The fraction of sp³-hybridized carbons (Fsp3) is 0.206. The number of benzene rings is 3. The fourth-order valence-electron chi connectivity index (χ4n) is 8.44. The molecule has 0 saturated carbocycles. The lowest BCUT2D eigenvalue weighted by Gasteiger charge is -2.09. The molecule has 9 N–H and O–H groups in total. The third-order valence-corrected chi connectivity index (χ3v) is 13.8. The van der Waals surface area contributed by atoms with Gasteiger partial charge in [0.15, 0.2) is 11.6 Å². The highest BCUT2D eigenvalue weighted by molar-refractivity contribution is 9.10. The van der Waals surface area contributed by atoms with Gasteiger partial charge in [0.05, 0.1) is 16.7 Å². The van der Waals surface area contributed by atoms with Gasteiger partial charge in [0.2, 0.25) is 5.91 Å². The molecule has 0 aliphatic heterocycles. The molecule has 24 heteroatoms. The van der Waals surface area contributed by atoms with E-state index in [4.69, 9.17) is 5.11 Å². The maximum atomic E-state index is 14.6. The van der Waals surface area contributed by atoms with Gasteiger partial charge in [-0.05, 0) is 136 Å². The van der Waals surface area contributed by atoms with E-state index in [1.165, 1.54) is 48.8 Å². The molecule has 0 fully saturated rings. The minimum absolute atomic E-state index is 0.123. The second kappa shape index (κ2) is 32.1. The Hall–Kier alpha value is -9.55. The first kappa shape index (κ1) is 65.0. The molecule has 0 aliphatic carbocycles. The van der Waals surface area contributed by atoms with E-state index in [-0.39, 0.29) is 17.0 Å². The molecule has 0 spiro atoms. The van der Waals surface area contributed by atoms with Crippen molar-refractivity contribution in [2.45, 2.75) is 72.1 Å². The largest absolute Gasteiger partial charge is 0.478 e. The normalized spacial score (nSPS) is 10.6. The maximum Gasteiger partial charge on any atom is 0.338 e. The number of rotatable bonds is 19. The van der Waals surface area contributed by atoms with Crippen LogP contribution in [-0.2, 0) is 4.79 Å². The summed E-state index contributed by atoms with van der Waals surface area (Å²) in [5.41, 5.74) is 4.50. The predicted molar refractivity (Wildman–Crippen MR) is 337 cm³/mol. The third-order valence-electron chi connectivity index (χ3n) is 12.9. The van der Waals surface area contributed by atoms with Gasteiger partial charge in [0.25, 0.3) is 0 Å². The average molecular weight is 1320 g/mol. The molecular weight excluding hydrogens is 1250 g/mol. The number of aromatic amines is 3. The van der Waals surface area contributed by atoms with Crippen molar-refractivity contribution in [2.24, 2.45) is 0 Å². The van der Waals surface area contributed by atoms with E-state index in [1.54, 1.807) is 37.1 Å². The van der Waals surface area contributed by atoms with Crippen molar-refractivity contribution >= 4 is 118 Å². The molecule has 0 unspecified atom stereocenters. The average Bonchev–Trinajstić information content (AvgIpc) is 2.37. The van der Waals surface area contributed by atoms with Crippen LogP contribution in [0.5, 0.6) is 0 Å². The van der Waals surface area contributed by atoms with Crippen LogP contribution in [0, 0.1) is 17.5 Å². The number of halogens is 5. The molecular formula is C63H61Br2F3N12O7. The lowest BCUT2D eigenvalue weighted by molar-refractivity contribution is -0.116. The van der Waals surface area contributed by atoms with Crippen molar-refractivity contribution in [1.29, 1.82) is 0 Å². The standard InChI is InChI=1S/C24H22FN5O2.C19H18BrFN4O2.C13H16FNO3.C7H5BrN2/c1-2-3-9-27-24(32)30-17-6-7-21(25)19(11-17)22(31)20-14-29-23-18(20)10-16(13-28-23)15-5-4-8-26-12-15;1-2-3-6-22-19(27)25-12-4-5-16(21)14(8-12)17(26)15-10-24-18-13(15)7-11(20)9-23-18;1-2-3-4-5-12(16)15-9-6-7-11(14)10(8-9)13(17)18;8-6-3-5-1-2-9-7(5)10-4-6/h4-8,10-14H,2-3,9H2,1H3,(H,28,29)(H2,27,30,32);4-5,7-10H,2-3,6H2,1H3,(H,23,24)(H2,22,25,27);6-8H,2-5H2,1H3,(H,15,16)(H,17,18);1-4H,(H,9,10). The number of urea groups is 2. The van der Waals surface area contributed by atoms with Gasteiger partial charge >= 0.3 is 18.0 Å². The van der Waals surface area contributed by atoms with Crippen molar-refractivity contribution in [2.75, 3.05) is 29.0 Å². The number of H-pyrrole nitrogens is 3. The van der Waals surface area contributed by atoms with Crippen LogP contribution >= 0.6 is 31.9 Å². The lowest BCUT2D eigenvalue weighted by Crippen LogP contribution is -2.29. The van der Waals surface area contributed by atoms with E-state index in [2.05, 4.69) is 93.3 Å². The molecule has 0 saturated heterocycles. The van der Waals surface area contributed by atoms with E-state index in [1.807, 2.05) is 57.3 Å². The summed E-state index contributed by atoms with van der Waals surface area (Å²) < 4.78 is 43.7. The van der Waals surface area contributed by atoms with Crippen molar-refractivity contribution < 1.29 is 47.0 Å². The maximum absolute atomic E-state index is 14.6. The van der Waals surface area contributed by atoms with Crippen LogP contribution in [0.25, 0.3) is 44.2 Å². The van der Waals surface area contributed by atoms with Crippen LogP contribution in [-0.4, -0.2) is 88.6 Å². The Kier molecular flexibility index (Phi) is 24.0. The number of ketones is 2. The Morgan fingerprint density at radius 3 is 1.56 bits per heavy atom. The Balaban J connectivity index is 0.000000177. The number of aromatic nitrogens is 7. The summed E-state index contributed by atoms with van der Waals surface area (Å²) in [5.74, 6) is -4.68. The van der Waals surface area contributed by atoms with Crippen molar-refractivity contribution in [3.8, 4) is 11.1 Å². The van der Waals surface area contributed by atoms with Gasteiger partial charge in [-0.1, -0.05) is 52.5 Å². The van der Waals surface area contributed by atoms with Gasteiger partial charge in [0.1, 0.15) is 34.4 Å². The van der Waals surface area contributed by atoms with Crippen molar-refractivity contribution in [3.63, 3.8) is 0 Å². The van der Waals surface area contributed by atoms with E-state index in [0.29, 0.717) is 74.2 Å². The van der Waals surface area contributed by atoms with Crippen LogP contribution in [0.3, 0.4) is 0 Å². The molecule has 450 valence electrons. The van der Waals surface area contributed by atoms with Gasteiger partial charge in [-0.25, -0.2) is 42.5 Å². The third kappa shape index (κ3) is 18.5. The topological polar surface area (TPSA) is 282 Å². The molecule has 5 amide bonds. The number of unbranched alkanes of at least 4 members (excludes halogenated alkanes) is 4.